The van der Waals surface area contributed by atoms with Crippen LogP contribution in [0.4, 0.5) is 0 Å². The lowest BCUT2D eigenvalue weighted by Gasteiger charge is -2.22. The van der Waals surface area contributed by atoms with Gasteiger partial charge < -0.3 is 10.4 Å². The molecular weight excluding hydrogens is 224 g/mol. The predicted octanol–water partition coefficient (Wildman–Crippen LogP) is 2.62. The third-order valence-corrected chi connectivity index (χ3v) is 3.56. The third-order valence-electron chi connectivity index (χ3n) is 3.56. The van der Waals surface area contributed by atoms with Crippen LogP contribution in [0.3, 0.4) is 0 Å². The lowest BCUT2D eigenvalue weighted by molar-refractivity contribution is 0.166. The number of nitrogens with zero attached hydrogens (tertiary/aromatic N) is 1. The van der Waals surface area contributed by atoms with Gasteiger partial charge in [0, 0.05) is 12.6 Å². The summed E-state index contributed by atoms with van der Waals surface area (Å²) in [4.78, 5) is 0. The summed E-state index contributed by atoms with van der Waals surface area (Å²) in [5, 5.41) is 22.1. The second kappa shape index (κ2) is 7.15. The summed E-state index contributed by atoms with van der Waals surface area (Å²) in [7, 11) is 0. The molecule has 1 aromatic rings. The van der Waals surface area contributed by atoms with E-state index in [1.54, 1.807) is 24.3 Å². The van der Waals surface area contributed by atoms with E-state index in [1.165, 1.54) is 0 Å². The Kier molecular flexibility index (Phi) is 5.84. The fourth-order valence-corrected chi connectivity index (χ4v) is 1.75. The molecule has 0 aliphatic rings. The van der Waals surface area contributed by atoms with Gasteiger partial charge in [0.1, 0.15) is 0 Å². The Labute approximate surface area is 109 Å². The fourth-order valence-electron chi connectivity index (χ4n) is 1.75. The molecule has 0 amide bonds. The van der Waals surface area contributed by atoms with Gasteiger partial charge in [0.2, 0.25) is 0 Å². The first-order valence-corrected chi connectivity index (χ1v) is 6.50. The van der Waals surface area contributed by atoms with E-state index in [2.05, 4.69) is 32.2 Å². The number of nitrogens with one attached hydrogen (secondary N) is 1. The quantitative estimate of drug-likeness (QED) is 0.811. The number of hydrogen-bond donors (Lipinski definition) is 2. The minimum Gasteiger partial charge on any atom is -0.387 e. The van der Waals surface area contributed by atoms with Crippen molar-refractivity contribution in [2.24, 2.45) is 5.92 Å². The highest BCUT2D eigenvalue weighted by Crippen LogP contribution is 2.14. The molecule has 0 radical (unpaired) electrons. The minimum atomic E-state index is -0.524. The molecule has 0 spiro atoms. The maximum atomic E-state index is 10.0. The van der Waals surface area contributed by atoms with E-state index in [9.17, 15) is 5.11 Å². The molecule has 0 aromatic heterocycles. The zero-order chi connectivity index (χ0) is 13.5. The molecule has 18 heavy (non-hydrogen) atoms. The number of aliphatic hydroxyl groups is 1. The Bertz CT molecular complexity index is 394. The topological polar surface area (TPSA) is 56.0 Å². The van der Waals surface area contributed by atoms with E-state index in [0.29, 0.717) is 24.1 Å². The molecule has 0 aliphatic heterocycles. The number of benzene rings is 1. The molecule has 0 aliphatic carbocycles. The average molecular weight is 246 g/mol. The van der Waals surface area contributed by atoms with Crippen molar-refractivity contribution in [1.29, 1.82) is 5.26 Å². The summed E-state index contributed by atoms with van der Waals surface area (Å²) >= 11 is 0. The Balaban J connectivity index is 2.50. The fraction of sp³-hybridized carbons (Fsp3) is 0.533. The zero-order valence-corrected chi connectivity index (χ0v) is 11.4. The highest BCUT2D eigenvalue weighted by atomic mass is 16.3. The van der Waals surface area contributed by atoms with Gasteiger partial charge in [0.15, 0.2) is 0 Å². The van der Waals surface area contributed by atoms with Gasteiger partial charge in [-0.2, -0.15) is 5.26 Å². The van der Waals surface area contributed by atoms with Crippen molar-refractivity contribution >= 4 is 0 Å². The van der Waals surface area contributed by atoms with E-state index in [4.69, 9.17) is 5.26 Å². The lowest BCUT2D eigenvalue weighted by atomic mass is 10.0. The van der Waals surface area contributed by atoms with E-state index in [-0.39, 0.29) is 0 Å². The Morgan fingerprint density at radius 3 is 2.39 bits per heavy atom. The van der Waals surface area contributed by atoms with Crippen molar-refractivity contribution in [2.75, 3.05) is 6.54 Å². The van der Waals surface area contributed by atoms with Crippen molar-refractivity contribution in [3.63, 3.8) is 0 Å². The molecule has 3 nitrogen and oxygen atoms in total. The van der Waals surface area contributed by atoms with E-state index < -0.39 is 6.10 Å². The van der Waals surface area contributed by atoms with Crippen LogP contribution in [0, 0.1) is 17.2 Å². The molecule has 3 atom stereocenters. The van der Waals surface area contributed by atoms with Crippen LogP contribution in [0.2, 0.25) is 0 Å². The predicted molar refractivity (Wildman–Crippen MR) is 73.0 cm³/mol. The van der Waals surface area contributed by atoms with Gasteiger partial charge in [-0.1, -0.05) is 32.4 Å². The minimum absolute atomic E-state index is 0.392. The summed E-state index contributed by atoms with van der Waals surface area (Å²) in [6.07, 6.45) is 0.602. The maximum Gasteiger partial charge on any atom is 0.0991 e. The highest BCUT2D eigenvalue weighted by molar-refractivity contribution is 5.32. The van der Waals surface area contributed by atoms with Crippen LogP contribution in [0.25, 0.3) is 0 Å². The first-order chi connectivity index (χ1) is 8.58. The van der Waals surface area contributed by atoms with Gasteiger partial charge in [-0.3, -0.25) is 0 Å². The van der Waals surface area contributed by atoms with Crippen molar-refractivity contribution < 1.29 is 5.11 Å². The van der Waals surface area contributed by atoms with E-state index >= 15 is 0 Å². The summed E-state index contributed by atoms with van der Waals surface area (Å²) in [6, 6.07) is 9.53. The first-order valence-electron chi connectivity index (χ1n) is 6.50. The van der Waals surface area contributed by atoms with E-state index in [1.807, 2.05) is 0 Å². The SMILES string of the molecule is CCC(C)C(C)NCC(O)c1ccc(C#N)cc1. The van der Waals surface area contributed by atoms with Crippen LogP contribution in [-0.4, -0.2) is 17.7 Å². The molecule has 0 heterocycles. The third kappa shape index (κ3) is 4.14. The van der Waals surface area contributed by atoms with Crippen LogP contribution in [-0.2, 0) is 0 Å². The van der Waals surface area contributed by atoms with E-state index in [0.717, 1.165) is 12.0 Å². The lowest BCUT2D eigenvalue weighted by Crippen LogP contribution is -2.34. The van der Waals surface area contributed by atoms with Gasteiger partial charge >= 0.3 is 0 Å². The molecule has 0 fully saturated rings. The van der Waals surface area contributed by atoms with Crippen molar-refractivity contribution in [3.8, 4) is 6.07 Å². The summed E-state index contributed by atoms with van der Waals surface area (Å²) < 4.78 is 0. The van der Waals surface area contributed by atoms with Crippen LogP contribution in [0.15, 0.2) is 24.3 Å². The molecule has 1 aromatic carbocycles. The largest absolute Gasteiger partial charge is 0.387 e. The number of nitriles is 1. The monoisotopic (exact) mass is 246 g/mol. The molecule has 0 bridgehead atoms. The van der Waals surface area contributed by atoms with Gasteiger partial charge in [-0.25, -0.2) is 0 Å². The van der Waals surface area contributed by atoms with Crippen molar-refractivity contribution in [1.82, 2.24) is 5.32 Å². The van der Waals surface area contributed by atoms with Crippen LogP contribution in [0.1, 0.15) is 44.4 Å². The Hall–Kier alpha value is -1.37. The molecule has 0 saturated heterocycles. The first kappa shape index (κ1) is 14.7. The zero-order valence-electron chi connectivity index (χ0n) is 11.4. The summed E-state index contributed by atoms with van der Waals surface area (Å²) in [5.74, 6) is 0.596. The highest BCUT2D eigenvalue weighted by Gasteiger charge is 2.12. The van der Waals surface area contributed by atoms with Crippen LogP contribution < -0.4 is 5.32 Å². The van der Waals surface area contributed by atoms with Crippen LogP contribution >= 0.6 is 0 Å². The van der Waals surface area contributed by atoms with Crippen LogP contribution in [0.5, 0.6) is 0 Å². The maximum absolute atomic E-state index is 10.0. The van der Waals surface area contributed by atoms with Gasteiger partial charge in [0.05, 0.1) is 17.7 Å². The summed E-state index contributed by atoms with van der Waals surface area (Å²) in [5.41, 5.74) is 1.46. The standard InChI is InChI=1S/C15H22N2O/c1-4-11(2)12(3)17-10-15(18)14-7-5-13(9-16)6-8-14/h5-8,11-12,15,17-18H,4,10H2,1-3H3. The molecule has 3 unspecified atom stereocenters. The van der Waals surface area contributed by atoms with Crippen molar-refractivity contribution in [3.05, 3.63) is 35.4 Å². The molecule has 0 saturated carbocycles. The smallest absolute Gasteiger partial charge is 0.0991 e. The Morgan fingerprint density at radius 2 is 1.89 bits per heavy atom. The molecule has 98 valence electrons. The average Bonchev–Trinajstić information content (AvgIpc) is 2.43. The van der Waals surface area contributed by atoms with Gasteiger partial charge in [-0.05, 0) is 30.5 Å². The normalized spacial score (nSPS) is 15.7. The molecule has 3 heteroatoms. The molecule has 2 N–H and O–H groups in total. The second-order valence-corrected chi connectivity index (χ2v) is 4.83. The summed E-state index contributed by atoms with van der Waals surface area (Å²) in [6.45, 7) is 7.04. The molecule has 1 rings (SSSR count). The number of rotatable bonds is 6. The van der Waals surface area contributed by atoms with Gasteiger partial charge in [-0.15, -0.1) is 0 Å². The Morgan fingerprint density at radius 1 is 1.28 bits per heavy atom. The molecular formula is C15H22N2O. The number of hydrogen-bond acceptors (Lipinski definition) is 3. The van der Waals surface area contributed by atoms with Crippen molar-refractivity contribution in [2.45, 2.75) is 39.3 Å². The number of aliphatic hydroxyl groups excluding tert-OH is 1. The van der Waals surface area contributed by atoms with Gasteiger partial charge in [0.25, 0.3) is 0 Å². The second-order valence-electron chi connectivity index (χ2n) is 4.83.